The number of anilines is 2. The number of carbonyl (C=O) groups excluding carboxylic acids is 4. The van der Waals surface area contributed by atoms with Crippen LogP contribution in [0.1, 0.15) is 23.6 Å². The number of urea groups is 1. The number of nitrogens with one attached hydrogen (secondary N) is 2. The highest BCUT2D eigenvalue weighted by Gasteiger charge is 2.37. The number of carbonyl (C=O) groups is 4. The maximum atomic E-state index is 13.2. The zero-order valence-corrected chi connectivity index (χ0v) is 23.4. The fourth-order valence-electron chi connectivity index (χ4n) is 3.88. The van der Waals surface area contributed by atoms with Crippen molar-refractivity contribution in [2.45, 2.75) is 20.8 Å². The van der Waals surface area contributed by atoms with Gasteiger partial charge in [0.15, 0.2) is 18.1 Å². The second kappa shape index (κ2) is 12.2. The van der Waals surface area contributed by atoms with Crippen molar-refractivity contribution >= 4 is 64.4 Å². The van der Waals surface area contributed by atoms with Gasteiger partial charge in [0.25, 0.3) is 17.7 Å². The Morgan fingerprint density at radius 1 is 0.975 bits per heavy atom. The second-order valence-electron chi connectivity index (χ2n) is 8.83. The molecule has 9 nitrogen and oxygen atoms in total. The van der Waals surface area contributed by atoms with E-state index in [1.165, 1.54) is 42.5 Å². The molecule has 3 aromatic rings. The molecule has 4 rings (SSSR count). The summed E-state index contributed by atoms with van der Waals surface area (Å²) in [5.41, 5.74) is 3.06. The molecular formula is C29H25Cl2N3O6. The molecule has 1 aliphatic rings. The lowest BCUT2D eigenvalue weighted by atomic mass is 10.1. The molecule has 0 aliphatic carbocycles. The number of hydrogen-bond donors (Lipinski definition) is 2. The summed E-state index contributed by atoms with van der Waals surface area (Å²) in [6.45, 7) is 5.59. The molecule has 0 bridgehead atoms. The van der Waals surface area contributed by atoms with E-state index in [1.54, 1.807) is 13.0 Å². The summed E-state index contributed by atoms with van der Waals surface area (Å²) in [6.07, 6.45) is 1.29. The fraction of sp³-hybridized carbons (Fsp3) is 0.172. The normalized spacial score (nSPS) is 14.3. The summed E-state index contributed by atoms with van der Waals surface area (Å²) in [6, 6.07) is 13.7. The Kier molecular flexibility index (Phi) is 8.77. The van der Waals surface area contributed by atoms with Gasteiger partial charge in [-0.1, -0.05) is 29.3 Å². The molecule has 1 fully saturated rings. The third-order valence-electron chi connectivity index (χ3n) is 5.97. The lowest BCUT2D eigenvalue weighted by Crippen LogP contribution is -2.54. The summed E-state index contributed by atoms with van der Waals surface area (Å²) >= 11 is 12.4. The molecule has 1 aliphatic heterocycles. The number of benzene rings is 3. The first-order valence-electron chi connectivity index (χ1n) is 12.2. The van der Waals surface area contributed by atoms with Crippen molar-refractivity contribution in [2.24, 2.45) is 0 Å². The highest BCUT2D eigenvalue weighted by molar-refractivity contribution is 6.39. The molecule has 2 N–H and O–H groups in total. The highest BCUT2D eigenvalue weighted by Crippen LogP contribution is 2.37. The smallest absolute Gasteiger partial charge is 0.335 e. The predicted molar refractivity (Wildman–Crippen MR) is 153 cm³/mol. The largest absolute Gasteiger partial charge is 0.490 e. The average Bonchev–Trinajstić information content (AvgIpc) is 2.89. The first kappa shape index (κ1) is 28.7. The maximum Gasteiger partial charge on any atom is 0.335 e. The van der Waals surface area contributed by atoms with E-state index < -0.39 is 23.8 Å². The molecule has 0 radical (unpaired) electrons. The van der Waals surface area contributed by atoms with E-state index in [0.29, 0.717) is 16.3 Å². The number of ether oxygens (including phenoxy) is 2. The molecule has 5 amide bonds. The van der Waals surface area contributed by atoms with E-state index in [1.807, 2.05) is 26.0 Å². The van der Waals surface area contributed by atoms with Crippen molar-refractivity contribution in [1.82, 2.24) is 5.32 Å². The summed E-state index contributed by atoms with van der Waals surface area (Å²) in [7, 11) is 0. The quantitative estimate of drug-likeness (QED) is 0.261. The minimum absolute atomic E-state index is 0.0890. The fourth-order valence-corrected chi connectivity index (χ4v) is 4.28. The van der Waals surface area contributed by atoms with Crippen LogP contribution in [0.15, 0.2) is 60.2 Å². The number of amides is 5. The minimum atomic E-state index is -0.884. The van der Waals surface area contributed by atoms with Crippen molar-refractivity contribution in [3.63, 3.8) is 0 Å². The van der Waals surface area contributed by atoms with Gasteiger partial charge in [-0.05, 0) is 92.1 Å². The van der Waals surface area contributed by atoms with E-state index in [0.717, 1.165) is 16.0 Å². The monoisotopic (exact) mass is 581 g/mol. The van der Waals surface area contributed by atoms with Crippen LogP contribution in [0.4, 0.5) is 16.2 Å². The zero-order chi connectivity index (χ0) is 29.0. The molecule has 40 heavy (non-hydrogen) atoms. The molecule has 0 aromatic heterocycles. The van der Waals surface area contributed by atoms with Crippen molar-refractivity contribution in [3.05, 3.63) is 86.9 Å². The van der Waals surface area contributed by atoms with Gasteiger partial charge in [0.05, 0.1) is 17.3 Å². The van der Waals surface area contributed by atoms with Gasteiger partial charge in [-0.2, -0.15) is 0 Å². The number of hydrogen-bond acceptors (Lipinski definition) is 6. The lowest BCUT2D eigenvalue weighted by molar-refractivity contribution is -0.122. The topological polar surface area (TPSA) is 114 Å². The van der Waals surface area contributed by atoms with Crippen molar-refractivity contribution < 1.29 is 28.7 Å². The number of nitrogens with zero attached hydrogens (tertiary/aromatic N) is 1. The number of imide groups is 2. The van der Waals surface area contributed by atoms with Crippen molar-refractivity contribution in [2.75, 3.05) is 23.4 Å². The van der Waals surface area contributed by atoms with Crippen LogP contribution in [0.2, 0.25) is 10.0 Å². The van der Waals surface area contributed by atoms with Crippen molar-refractivity contribution in [3.8, 4) is 11.5 Å². The van der Waals surface area contributed by atoms with Crippen LogP contribution >= 0.6 is 23.2 Å². The third-order valence-corrected chi connectivity index (χ3v) is 6.50. The number of barbiturate groups is 1. The van der Waals surface area contributed by atoms with E-state index in [9.17, 15) is 19.2 Å². The Hall–Kier alpha value is -4.34. The van der Waals surface area contributed by atoms with Gasteiger partial charge in [-0.15, -0.1) is 0 Å². The van der Waals surface area contributed by atoms with Gasteiger partial charge in [0.1, 0.15) is 5.57 Å². The average molecular weight is 582 g/mol. The molecule has 0 unspecified atom stereocenters. The predicted octanol–water partition coefficient (Wildman–Crippen LogP) is 5.69. The van der Waals surface area contributed by atoms with Gasteiger partial charge in [-0.25, -0.2) is 9.69 Å². The van der Waals surface area contributed by atoms with Crippen LogP contribution in [0.25, 0.3) is 6.08 Å². The molecule has 1 saturated heterocycles. The molecule has 0 atom stereocenters. The SMILES string of the molecule is CCOc1cc(/C=C2/C(=O)NC(=O)N(c3ccc(Cl)cc3)C2=O)cc(Cl)c1OCC(=O)Nc1ccc(C)c(C)c1. The molecule has 0 spiro atoms. The Balaban J connectivity index is 1.57. The zero-order valence-electron chi connectivity index (χ0n) is 21.8. The summed E-state index contributed by atoms with van der Waals surface area (Å²) in [4.78, 5) is 51.5. The lowest BCUT2D eigenvalue weighted by Gasteiger charge is -2.26. The van der Waals surface area contributed by atoms with Crippen LogP contribution in [0.3, 0.4) is 0 Å². The molecule has 3 aromatic carbocycles. The Bertz CT molecular complexity index is 1540. The maximum absolute atomic E-state index is 13.2. The summed E-state index contributed by atoms with van der Waals surface area (Å²) in [5.74, 6) is -1.76. The van der Waals surface area contributed by atoms with Gasteiger partial charge in [0, 0.05) is 10.7 Å². The van der Waals surface area contributed by atoms with Crippen LogP contribution < -0.4 is 25.0 Å². The van der Waals surface area contributed by atoms with Crippen LogP contribution in [-0.2, 0) is 14.4 Å². The van der Waals surface area contributed by atoms with Gasteiger partial charge in [-0.3, -0.25) is 19.7 Å². The molecule has 206 valence electrons. The Labute approximate surface area is 240 Å². The third kappa shape index (κ3) is 6.44. The minimum Gasteiger partial charge on any atom is -0.490 e. The van der Waals surface area contributed by atoms with Crippen LogP contribution in [0.5, 0.6) is 11.5 Å². The van der Waals surface area contributed by atoms with Gasteiger partial charge in [0.2, 0.25) is 0 Å². The van der Waals surface area contributed by atoms with Crippen LogP contribution in [-0.4, -0.2) is 37.0 Å². The first-order valence-corrected chi connectivity index (χ1v) is 13.0. The summed E-state index contributed by atoms with van der Waals surface area (Å²) in [5, 5.41) is 5.44. The van der Waals surface area contributed by atoms with Gasteiger partial charge < -0.3 is 14.8 Å². The number of halogens is 2. The molecule has 1 heterocycles. The summed E-state index contributed by atoms with van der Waals surface area (Å²) < 4.78 is 11.4. The van der Waals surface area contributed by atoms with Gasteiger partial charge >= 0.3 is 6.03 Å². The van der Waals surface area contributed by atoms with Crippen LogP contribution in [0, 0.1) is 13.8 Å². The standard InChI is InChI=1S/C29H25Cl2N3O6/c1-4-39-24-14-18(12-22-27(36)33-29(38)34(28(22)37)21-9-6-19(30)7-10-21)13-23(31)26(24)40-15-25(35)32-20-8-5-16(2)17(3)11-20/h5-14H,4,15H2,1-3H3,(H,32,35)(H,33,36,38)/b22-12-. The second-order valence-corrected chi connectivity index (χ2v) is 9.68. The first-order chi connectivity index (χ1) is 19.1. The number of aryl methyl sites for hydroxylation is 2. The van der Waals surface area contributed by atoms with E-state index in [-0.39, 0.29) is 41.0 Å². The van der Waals surface area contributed by atoms with E-state index in [4.69, 9.17) is 32.7 Å². The molecule has 11 heteroatoms. The Morgan fingerprint density at radius 2 is 1.70 bits per heavy atom. The molecular weight excluding hydrogens is 557 g/mol. The van der Waals surface area contributed by atoms with E-state index in [2.05, 4.69) is 10.6 Å². The number of rotatable bonds is 8. The van der Waals surface area contributed by atoms with Crippen molar-refractivity contribution in [1.29, 1.82) is 0 Å². The Morgan fingerprint density at radius 3 is 2.38 bits per heavy atom. The van der Waals surface area contributed by atoms with E-state index >= 15 is 0 Å². The highest BCUT2D eigenvalue weighted by atomic mass is 35.5. The molecule has 0 saturated carbocycles.